The minimum absolute atomic E-state index is 0.0313. The molecule has 19 heavy (non-hydrogen) atoms. The Morgan fingerprint density at radius 2 is 1.63 bits per heavy atom. The maximum Gasteiger partial charge on any atom is 0.182 e. The van der Waals surface area contributed by atoms with Crippen LogP contribution in [0.2, 0.25) is 0 Å². The van der Waals surface area contributed by atoms with E-state index in [0.717, 1.165) is 12.1 Å². The smallest absolute Gasteiger partial charge is 0.182 e. The van der Waals surface area contributed by atoms with Crippen molar-refractivity contribution in [1.82, 2.24) is 0 Å². The molecule has 2 aromatic carbocycles. The maximum absolute atomic E-state index is 13.6. The first-order valence-electron chi connectivity index (χ1n) is 5.31. The number of benzene rings is 2. The lowest BCUT2D eigenvalue weighted by Crippen LogP contribution is -2.06. The number of hydrogen-bond donors (Lipinski definition) is 0. The van der Waals surface area contributed by atoms with Crippen molar-refractivity contribution in [2.45, 2.75) is 10.6 Å². The Labute approximate surface area is 118 Å². The van der Waals surface area contributed by atoms with Crippen LogP contribution in [0.4, 0.5) is 8.78 Å². The van der Waals surface area contributed by atoms with Crippen LogP contribution in [0.1, 0.15) is 5.56 Å². The number of sulfone groups is 1. The van der Waals surface area contributed by atoms with Gasteiger partial charge in [-0.3, -0.25) is 0 Å². The summed E-state index contributed by atoms with van der Waals surface area (Å²) in [7, 11) is -3.69. The summed E-state index contributed by atoms with van der Waals surface area (Å²) in [5.41, 5.74) is 0.0764. The van der Waals surface area contributed by atoms with E-state index in [1.54, 1.807) is 6.07 Å². The summed E-state index contributed by atoms with van der Waals surface area (Å²) in [6.45, 7) is 0. The Hall–Kier alpha value is -1.27. The van der Waals surface area contributed by atoms with Crippen LogP contribution in [-0.2, 0) is 15.6 Å². The summed E-state index contributed by atoms with van der Waals surface area (Å²) >= 11 is 3.10. The molecular formula is C13H9BrF2O2S. The Morgan fingerprint density at radius 3 is 2.21 bits per heavy atom. The Morgan fingerprint density at radius 1 is 1.00 bits per heavy atom. The van der Waals surface area contributed by atoms with E-state index in [-0.39, 0.29) is 10.5 Å². The van der Waals surface area contributed by atoms with Crippen LogP contribution in [0.25, 0.3) is 0 Å². The zero-order chi connectivity index (χ0) is 14.0. The van der Waals surface area contributed by atoms with E-state index in [2.05, 4.69) is 15.9 Å². The molecule has 0 radical (unpaired) electrons. The van der Waals surface area contributed by atoms with Crippen molar-refractivity contribution in [2.24, 2.45) is 0 Å². The predicted molar refractivity (Wildman–Crippen MR) is 71.4 cm³/mol. The lowest BCUT2D eigenvalue weighted by Gasteiger charge is -2.06. The second kappa shape index (κ2) is 5.38. The highest BCUT2D eigenvalue weighted by Gasteiger charge is 2.17. The molecule has 0 aromatic heterocycles. The van der Waals surface area contributed by atoms with Gasteiger partial charge in [0.2, 0.25) is 0 Å². The SMILES string of the molecule is O=S(=O)(Cc1ccc(Br)cc1F)c1ccc(F)cc1. The van der Waals surface area contributed by atoms with Gasteiger partial charge in [-0.05, 0) is 36.4 Å². The van der Waals surface area contributed by atoms with Gasteiger partial charge in [-0.25, -0.2) is 17.2 Å². The average molecular weight is 347 g/mol. The van der Waals surface area contributed by atoms with Crippen LogP contribution in [0.3, 0.4) is 0 Å². The zero-order valence-corrected chi connectivity index (χ0v) is 12.0. The molecular weight excluding hydrogens is 338 g/mol. The third-order valence-corrected chi connectivity index (χ3v) is 4.71. The van der Waals surface area contributed by atoms with Crippen LogP contribution >= 0.6 is 15.9 Å². The third kappa shape index (κ3) is 3.39. The first kappa shape index (κ1) is 14.1. The monoisotopic (exact) mass is 346 g/mol. The summed E-state index contributed by atoms with van der Waals surface area (Å²) in [5, 5.41) is 0. The Bertz CT molecular complexity index is 697. The van der Waals surface area contributed by atoms with Crippen molar-refractivity contribution in [3.63, 3.8) is 0 Å². The van der Waals surface area contributed by atoms with Gasteiger partial charge in [-0.2, -0.15) is 0 Å². The second-order valence-electron chi connectivity index (χ2n) is 3.95. The molecule has 0 fully saturated rings. The van der Waals surface area contributed by atoms with Crippen LogP contribution in [-0.4, -0.2) is 8.42 Å². The fourth-order valence-corrected chi connectivity index (χ4v) is 3.26. The van der Waals surface area contributed by atoms with E-state index in [1.807, 2.05) is 0 Å². The molecule has 6 heteroatoms. The van der Waals surface area contributed by atoms with Crippen molar-refractivity contribution in [2.75, 3.05) is 0 Å². The van der Waals surface area contributed by atoms with E-state index >= 15 is 0 Å². The van der Waals surface area contributed by atoms with Gasteiger partial charge < -0.3 is 0 Å². The molecule has 0 aliphatic heterocycles. The van der Waals surface area contributed by atoms with Crippen molar-refractivity contribution in [3.05, 3.63) is 64.1 Å². The standard InChI is InChI=1S/C13H9BrF2O2S/c14-10-2-1-9(13(16)7-10)8-19(17,18)12-5-3-11(15)4-6-12/h1-7H,8H2. The fraction of sp³-hybridized carbons (Fsp3) is 0.0769. The molecule has 0 bridgehead atoms. The van der Waals surface area contributed by atoms with E-state index in [1.165, 1.54) is 24.3 Å². The summed E-state index contributed by atoms with van der Waals surface area (Å²) in [6, 6.07) is 8.63. The highest BCUT2D eigenvalue weighted by Crippen LogP contribution is 2.21. The lowest BCUT2D eigenvalue weighted by molar-refractivity contribution is 0.586. The first-order chi connectivity index (χ1) is 8.88. The fourth-order valence-electron chi connectivity index (χ4n) is 1.57. The van der Waals surface area contributed by atoms with Gasteiger partial charge in [0.1, 0.15) is 11.6 Å². The topological polar surface area (TPSA) is 34.1 Å². The maximum atomic E-state index is 13.6. The van der Waals surface area contributed by atoms with Gasteiger partial charge in [0, 0.05) is 10.0 Å². The second-order valence-corrected chi connectivity index (χ2v) is 6.85. The van der Waals surface area contributed by atoms with Crippen LogP contribution < -0.4 is 0 Å². The molecule has 100 valence electrons. The van der Waals surface area contributed by atoms with E-state index in [9.17, 15) is 17.2 Å². The molecule has 0 atom stereocenters. The molecule has 0 spiro atoms. The molecule has 0 amide bonds. The summed E-state index contributed by atoms with van der Waals surface area (Å²) in [4.78, 5) is -0.0313. The summed E-state index contributed by atoms with van der Waals surface area (Å²) < 4.78 is 51.0. The van der Waals surface area contributed by atoms with E-state index < -0.39 is 27.2 Å². The van der Waals surface area contributed by atoms with Gasteiger partial charge in [-0.1, -0.05) is 22.0 Å². The summed E-state index contributed by atoms with van der Waals surface area (Å²) in [6.07, 6.45) is 0. The molecule has 2 rings (SSSR count). The number of rotatable bonds is 3. The quantitative estimate of drug-likeness (QED) is 0.794. The van der Waals surface area contributed by atoms with Gasteiger partial charge in [-0.15, -0.1) is 0 Å². The molecule has 2 nitrogen and oxygen atoms in total. The number of halogens is 3. The molecule has 2 aromatic rings. The van der Waals surface area contributed by atoms with Gasteiger partial charge in [0.15, 0.2) is 9.84 Å². The van der Waals surface area contributed by atoms with Gasteiger partial charge in [0.25, 0.3) is 0 Å². The minimum atomic E-state index is -3.69. The normalized spacial score (nSPS) is 11.5. The molecule has 0 aliphatic carbocycles. The largest absolute Gasteiger partial charge is 0.223 e. The van der Waals surface area contributed by atoms with Crippen LogP contribution in [0.15, 0.2) is 51.8 Å². The molecule has 0 saturated heterocycles. The Balaban J connectivity index is 2.33. The summed E-state index contributed by atoms with van der Waals surface area (Å²) in [5.74, 6) is -1.58. The molecule has 0 N–H and O–H groups in total. The van der Waals surface area contributed by atoms with Crippen molar-refractivity contribution >= 4 is 25.8 Å². The van der Waals surface area contributed by atoms with Crippen molar-refractivity contribution < 1.29 is 17.2 Å². The van der Waals surface area contributed by atoms with Crippen LogP contribution in [0, 0.1) is 11.6 Å². The molecule has 0 unspecified atom stereocenters. The van der Waals surface area contributed by atoms with Crippen LogP contribution in [0.5, 0.6) is 0 Å². The third-order valence-electron chi connectivity index (χ3n) is 2.53. The highest BCUT2D eigenvalue weighted by molar-refractivity contribution is 9.10. The first-order valence-corrected chi connectivity index (χ1v) is 7.75. The molecule has 0 saturated carbocycles. The molecule has 0 heterocycles. The Kier molecular flexibility index (Phi) is 4.01. The van der Waals surface area contributed by atoms with E-state index in [0.29, 0.717) is 4.47 Å². The van der Waals surface area contributed by atoms with Gasteiger partial charge in [0.05, 0.1) is 10.6 Å². The zero-order valence-electron chi connectivity index (χ0n) is 9.61. The molecule has 0 aliphatic rings. The van der Waals surface area contributed by atoms with Crippen molar-refractivity contribution in [1.29, 1.82) is 0 Å². The van der Waals surface area contributed by atoms with E-state index in [4.69, 9.17) is 0 Å². The lowest BCUT2D eigenvalue weighted by atomic mass is 10.2. The highest BCUT2D eigenvalue weighted by atomic mass is 79.9. The van der Waals surface area contributed by atoms with Gasteiger partial charge >= 0.3 is 0 Å². The number of hydrogen-bond acceptors (Lipinski definition) is 2. The predicted octanol–water partition coefficient (Wildman–Crippen LogP) is 3.70. The van der Waals surface area contributed by atoms with Crippen molar-refractivity contribution in [3.8, 4) is 0 Å². The minimum Gasteiger partial charge on any atom is -0.223 e. The average Bonchev–Trinajstić information content (AvgIpc) is 2.33.